The number of rotatable bonds is 7. The molecule has 96 valence electrons. The zero-order valence-corrected chi connectivity index (χ0v) is 11.5. The van der Waals surface area contributed by atoms with E-state index in [1.54, 1.807) is 0 Å². The molecule has 0 fully saturated rings. The summed E-state index contributed by atoms with van der Waals surface area (Å²) in [6, 6.07) is 9.75. The van der Waals surface area contributed by atoms with Crippen molar-refractivity contribution in [2.45, 2.75) is 13.8 Å². The molecule has 0 N–H and O–H groups in total. The molecular formula is C12H20NO3P. The van der Waals surface area contributed by atoms with Crippen molar-refractivity contribution in [1.29, 1.82) is 0 Å². The number of anilines is 1. The molecule has 0 aliphatic heterocycles. The van der Waals surface area contributed by atoms with E-state index in [0.29, 0.717) is 13.2 Å². The van der Waals surface area contributed by atoms with Crippen molar-refractivity contribution < 1.29 is 13.6 Å². The molecule has 0 heterocycles. The van der Waals surface area contributed by atoms with Gasteiger partial charge in [-0.15, -0.1) is 0 Å². The molecule has 5 heteroatoms. The SMILES string of the molecule is CCOP(=O)(CN(C)c1ccccc1)OCC. The summed E-state index contributed by atoms with van der Waals surface area (Å²) in [5.74, 6) is 0. The Morgan fingerprint density at radius 1 is 1.12 bits per heavy atom. The first-order chi connectivity index (χ1) is 8.11. The highest BCUT2D eigenvalue weighted by Gasteiger charge is 2.25. The van der Waals surface area contributed by atoms with Crippen LogP contribution in [-0.2, 0) is 13.6 Å². The Morgan fingerprint density at radius 3 is 2.12 bits per heavy atom. The highest BCUT2D eigenvalue weighted by atomic mass is 31.2. The Bertz CT molecular complexity index is 359. The highest BCUT2D eigenvalue weighted by Crippen LogP contribution is 2.48. The maximum absolute atomic E-state index is 12.3. The lowest BCUT2D eigenvalue weighted by Crippen LogP contribution is -2.20. The molecule has 0 radical (unpaired) electrons. The van der Waals surface area contributed by atoms with E-state index in [-0.39, 0.29) is 6.29 Å². The molecule has 0 aromatic heterocycles. The molecule has 1 aromatic rings. The van der Waals surface area contributed by atoms with Crippen molar-refractivity contribution in [3.8, 4) is 0 Å². The summed E-state index contributed by atoms with van der Waals surface area (Å²) in [7, 11) is -1.14. The van der Waals surface area contributed by atoms with Crippen LogP contribution in [0.25, 0.3) is 0 Å². The molecule has 0 saturated heterocycles. The van der Waals surface area contributed by atoms with Crippen LogP contribution in [-0.4, -0.2) is 26.5 Å². The van der Waals surface area contributed by atoms with E-state index in [9.17, 15) is 4.57 Å². The second-order valence-corrected chi connectivity index (χ2v) is 5.64. The minimum atomic E-state index is -3.01. The standard InChI is InChI=1S/C12H20NO3P/c1-4-15-17(14,16-5-2)11-13(3)12-9-7-6-8-10-12/h6-10H,4-5,11H2,1-3H3. The summed E-state index contributed by atoms with van der Waals surface area (Å²) in [6.07, 6.45) is 0.263. The van der Waals surface area contributed by atoms with E-state index in [1.165, 1.54) is 0 Å². The molecule has 0 spiro atoms. The molecule has 0 amide bonds. The molecule has 4 nitrogen and oxygen atoms in total. The van der Waals surface area contributed by atoms with Crippen LogP contribution in [0, 0.1) is 0 Å². The lowest BCUT2D eigenvalue weighted by Gasteiger charge is -2.24. The summed E-state index contributed by atoms with van der Waals surface area (Å²) in [5, 5.41) is 0. The van der Waals surface area contributed by atoms with E-state index in [0.717, 1.165) is 5.69 Å². The van der Waals surface area contributed by atoms with E-state index < -0.39 is 7.60 Å². The quantitative estimate of drug-likeness (QED) is 0.702. The largest absolute Gasteiger partial charge is 0.363 e. The van der Waals surface area contributed by atoms with Gasteiger partial charge in [0.15, 0.2) is 0 Å². The molecular weight excluding hydrogens is 237 g/mol. The molecule has 0 atom stereocenters. The second-order valence-electron chi connectivity index (χ2n) is 3.62. The molecule has 0 aliphatic carbocycles. The molecule has 0 aliphatic rings. The number of para-hydroxylation sites is 1. The minimum absolute atomic E-state index is 0.263. The Labute approximate surface area is 103 Å². The fourth-order valence-electron chi connectivity index (χ4n) is 1.54. The third-order valence-corrected chi connectivity index (χ3v) is 4.31. The molecule has 0 bridgehead atoms. The topological polar surface area (TPSA) is 38.8 Å². The van der Waals surface area contributed by atoms with Gasteiger partial charge in [-0.1, -0.05) is 18.2 Å². The number of hydrogen-bond acceptors (Lipinski definition) is 4. The van der Waals surface area contributed by atoms with Gasteiger partial charge in [-0.2, -0.15) is 0 Å². The van der Waals surface area contributed by atoms with Crippen molar-refractivity contribution in [2.24, 2.45) is 0 Å². The Morgan fingerprint density at radius 2 is 1.65 bits per heavy atom. The minimum Gasteiger partial charge on any atom is -0.363 e. The Hall–Kier alpha value is -0.830. The lowest BCUT2D eigenvalue weighted by atomic mass is 10.3. The van der Waals surface area contributed by atoms with Gasteiger partial charge in [0.2, 0.25) is 0 Å². The third-order valence-electron chi connectivity index (χ3n) is 2.23. The van der Waals surface area contributed by atoms with Crippen molar-refractivity contribution in [1.82, 2.24) is 0 Å². The van der Waals surface area contributed by atoms with Crippen LogP contribution in [0.2, 0.25) is 0 Å². The van der Waals surface area contributed by atoms with Crippen LogP contribution in [0.15, 0.2) is 30.3 Å². The summed E-state index contributed by atoms with van der Waals surface area (Å²) >= 11 is 0. The predicted molar refractivity (Wildman–Crippen MR) is 70.6 cm³/mol. The lowest BCUT2D eigenvalue weighted by molar-refractivity contribution is 0.220. The molecule has 1 rings (SSSR count). The number of nitrogens with zero attached hydrogens (tertiary/aromatic N) is 1. The summed E-state index contributed by atoms with van der Waals surface area (Å²) in [5.41, 5.74) is 0.993. The van der Waals surface area contributed by atoms with Gasteiger partial charge < -0.3 is 13.9 Å². The fraction of sp³-hybridized carbons (Fsp3) is 0.500. The Kier molecular flexibility index (Phi) is 5.69. The average molecular weight is 257 g/mol. The first-order valence-corrected chi connectivity index (χ1v) is 7.48. The van der Waals surface area contributed by atoms with Gasteiger partial charge in [-0.05, 0) is 26.0 Å². The second kappa shape index (κ2) is 6.80. The van der Waals surface area contributed by atoms with Gasteiger partial charge >= 0.3 is 7.60 Å². The fourth-order valence-corrected chi connectivity index (χ4v) is 3.24. The van der Waals surface area contributed by atoms with Crippen molar-refractivity contribution in [3.05, 3.63) is 30.3 Å². The van der Waals surface area contributed by atoms with E-state index in [2.05, 4.69) is 0 Å². The molecule has 0 saturated carbocycles. The van der Waals surface area contributed by atoms with Gasteiger partial charge in [0.05, 0.1) is 13.2 Å². The number of benzene rings is 1. The van der Waals surface area contributed by atoms with Crippen LogP contribution in [0.3, 0.4) is 0 Å². The maximum Gasteiger partial charge on any atom is 0.349 e. The van der Waals surface area contributed by atoms with Crippen molar-refractivity contribution in [2.75, 3.05) is 31.4 Å². The normalized spacial score (nSPS) is 11.5. The van der Waals surface area contributed by atoms with Gasteiger partial charge in [-0.3, -0.25) is 4.57 Å². The smallest absolute Gasteiger partial charge is 0.349 e. The zero-order valence-electron chi connectivity index (χ0n) is 10.6. The maximum atomic E-state index is 12.3. The number of hydrogen-bond donors (Lipinski definition) is 0. The monoisotopic (exact) mass is 257 g/mol. The van der Waals surface area contributed by atoms with Crippen LogP contribution in [0.1, 0.15) is 13.8 Å². The van der Waals surface area contributed by atoms with Gasteiger partial charge in [0.25, 0.3) is 0 Å². The summed E-state index contributed by atoms with van der Waals surface area (Å²) in [4.78, 5) is 1.88. The molecule has 0 unspecified atom stereocenters. The van der Waals surface area contributed by atoms with E-state index in [1.807, 2.05) is 56.1 Å². The Balaban J connectivity index is 2.71. The van der Waals surface area contributed by atoms with Gasteiger partial charge in [-0.25, -0.2) is 0 Å². The highest BCUT2D eigenvalue weighted by molar-refractivity contribution is 7.53. The van der Waals surface area contributed by atoms with Crippen LogP contribution >= 0.6 is 7.60 Å². The van der Waals surface area contributed by atoms with Gasteiger partial charge in [0.1, 0.15) is 6.29 Å². The van der Waals surface area contributed by atoms with Crippen molar-refractivity contribution >= 4 is 13.3 Å². The molecule has 1 aromatic carbocycles. The summed E-state index contributed by atoms with van der Waals surface area (Å²) in [6.45, 7) is 4.40. The van der Waals surface area contributed by atoms with Crippen molar-refractivity contribution in [3.63, 3.8) is 0 Å². The summed E-state index contributed by atoms with van der Waals surface area (Å²) < 4.78 is 22.8. The van der Waals surface area contributed by atoms with E-state index >= 15 is 0 Å². The van der Waals surface area contributed by atoms with Crippen LogP contribution in [0.4, 0.5) is 5.69 Å². The first-order valence-electron chi connectivity index (χ1n) is 5.75. The third kappa shape index (κ3) is 4.50. The first kappa shape index (κ1) is 14.2. The average Bonchev–Trinajstić information content (AvgIpc) is 2.30. The van der Waals surface area contributed by atoms with Crippen LogP contribution in [0.5, 0.6) is 0 Å². The van der Waals surface area contributed by atoms with Crippen LogP contribution < -0.4 is 4.90 Å². The van der Waals surface area contributed by atoms with Gasteiger partial charge in [0, 0.05) is 12.7 Å². The molecule has 17 heavy (non-hydrogen) atoms. The predicted octanol–water partition coefficient (Wildman–Crippen LogP) is 3.35. The van der Waals surface area contributed by atoms with E-state index in [4.69, 9.17) is 9.05 Å². The zero-order chi connectivity index (χ0) is 12.7.